The fourth-order valence-corrected chi connectivity index (χ4v) is 4.39. The SMILES string of the molecule is COc1ccc(C)cc1-n1c(SCC(=O)N2CCCC2=O)nc2ccccc2c1=O. The molecular formula is C22H21N3O4S. The van der Waals surface area contributed by atoms with Gasteiger partial charge in [-0.15, -0.1) is 0 Å². The number of fused-ring (bicyclic) bond motifs is 1. The molecule has 7 nitrogen and oxygen atoms in total. The number of ether oxygens (including phenoxy) is 1. The quantitative estimate of drug-likeness (QED) is 0.464. The van der Waals surface area contributed by atoms with Crippen LogP contribution in [-0.4, -0.2) is 45.7 Å². The number of aryl methyl sites for hydroxylation is 1. The van der Waals surface area contributed by atoms with Gasteiger partial charge in [0, 0.05) is 13.0 Å². The molecule has 0 N–H and O–H groups in total. The molecule has 1 saturated heterocycles. The van der Waals surface area contributed by atoms with Gasteiger partial charge in [0.25, 0.3) is 5.56 Å². The van der Waals surface area contributed by atoms with Crippen molar-refractivity contribution in [1.29, 1.82) is 0 Å². The Kier molecular flexibility index (Phi) is 5.59. The third-order valence-corrected chi connectivity index (χ3v) is 5.94. The van der Waals surface area contributed by atoms with E-state index in [1.54, 1.807) is 31.4 Å². The average molecular weight is 423 g/mol. The molecule has 0 atom stereocenters. The minimum atomic E-state index is -0.271. The van der Waals surface area contributed by atoms with Gasteiger partial charge in [0.1, 0.15) is 5.75 Å². The standard InChI is InChI=1S/C22H21N3O4S/c1-14-9-10-18(29-2)17(12-14)25-21(28)15-6-3-4-7-16(15)23-22(25)30-13-20(27)24-11-5-8-19(24)26/h3-4,6-7,9-10,12H,5,8,11,13H2,1-2H3. The highest BCUT2D eigenvalue weighted by molar-refractivity contribution is 7.99. The first kappa shape index (κ1) is 20.2. The molecule has 0 aliphatic carbocycles. The van der Waals surface area contributed by atoms with Crippen LogP contribution in [-0.2, 0) is 9.59 Å². The smallest absolute Gasteiger partial charge is 0.266 e. The number of hydrogen-bond acceptors (Lipinski definition) is 6. The number of hydrogen-bond donors (Lipinski definition) is 0. The third-order valence-electron chi connectivity index (χ3n) is 5.02. The Hall–Kier alpha value is -3.13. The second-order valence-electron chi connectivity index (χ2n) is 7.06. The number of rotatable bonds is 5. The summed E-state index contributed by atoms with van der Waals surface area (Å²) in [5, 5.41) is 0.856. The molecule has 154 valence electrons. The van der Waals surface area contributed by atoms with Crippen LogP contribution in [0.2, 0.25) is 0 Å². The van der Waals surface area contributed by atoms with Crippen molar-refractivity contribution in [2.24, 2.45) is 0 Å². The third kappa shape index (κ3) is 3.70. The minimum Gasteiger partial charge on any atom is -0.495 e. The van der Waals surface area contributed by atoms with Crippen molar-refractivity contribution >= 4 is 34.5 Å². The number of carbonyl (C=O) groups excluding carboxylic acids is 2. The fraction of sp³-hybridized carbons (Fsp3) is 0.273. The van der Waals surface area contributed by atoms with Crippen LogP contribution >= 0.6 is 11.8 Å². The summed E-state index contributed by atoms with van der Waals surface area (Å²) in [7, 11) is 1.54. The maximum Gasteiger partial charge on any atom is 0.266 e. The molecule has 2 heterocycles. The highest BCUT2D eigenvalue weighted by atomic mass is 32.2. The lowest BCUT2D eigenvalue weighted by atomic mass is 10.2. The zero-order chi connectivity index (χ0) is 21.3. The van der Waals surface area contributed by atoms with Gasteiger partial charge in [-0.1, -0.05) is 30.0 Å². The lowest BCUT2D eigenvalue weighted by Crippen LogP contribution is -2.33. The number of thioether (sulfide) groups is 1. The molecule has 30 heavy (non-hydrogen) atoms. The lowest BCUT2D eigenvalue weighted by Gasteiger charge is -2.17. The number of nitrogens with zero attached hydrogens (tertiary/aromatic N) is 3. The molecule has 2 amide bonds. The van der Waals surface area contributed by atoms with E-state index in [0.717, 1.165) is 17.3 Å². The molecule has 0 saturated carbocycles. The Bertz CT molecular complexity index is 1200. The van der Waals surface area contributed by atoms with Gasteiger partial charge in [-0.25, -0.2) is 4.98 Å². The van der Waals surface area contributed by atoms with Gasteiger partial charge >= 0.3 is 0 Å². The predicted molar refractivity (Wildman–Crippen MR) is 115 cm³/mol. The van der Waals surface area contributed by atoms with E-state index in [0.29, 0.717) is 46.9 Å². The van der Waals surface area contributed by atoms with Crippen molar-refractivity contribution in [2.75, 3.05) is 19.4 Å². The van der Waals surface area contributed by atoms with E-state index in [1.807, 2.05) is 25.1 Å². The normalized spacial score (nSPS) is 13.8. The highest BCUT2D eigenvalue weighted by Crippen LogP contribution is 2.28. The van der Waals surface area contributed by atoms with Gasteiger partial charge in [-0.3, -0.25) is 23.9 Å². The van der Waals surface area contributed by atoms with Crippen LogP contribution in [0, 0.1) is 6.92 Å². The molecule has 2 aromatic carbocycles. The summed E-state index contributed by atoms with van der Waals surface area (Å²) >= 11 is 1.15. The first-order chi connectivity index (χ1) is 14.5. The van der Waals surface area contributed by atoms with E-state index in [-0.39, 0.29) is 23.1 Å². The van der Waals surface area contributed by atoms with Crippen molar-refractivity contribution in [1.82, 2.24) is 14.5 Å². The van der Waals surface area contributed by atoms with E-state index in [4.69, 9.17) is 4.74 Å². The van der Waals surface area contributed by atoms with E-state index < -0.39 is 0 Å². The summed E-state index contributed by atoms with van der Waals surface area (Å²) in [6, 6.07) is 12.7. The summed E-state index contributed by atoms with van der Waals surface area (Å²) in [5.74, 6) is 0.130. The topological polar surface area (TPSA) is 81.5 Å². The van der Waals surface area contributed by atoms with Gasteiger partial charge in [0.05, 0.1) is 29.5 Å². The molecule has 4 rings (SSSR count). The van der Waals surface area contributed by atoms with Gasteiger partial charge < -0.3 is 4.74 Å². The molecule has 8 heteroatoms. The maximum atomic E-state index is 13.4. The first-order valence-electron chi connectivity index (χ1n) is 9.62. The zero-order valence-electron chi connectivity index (χ0n) is 16.8. The summed E-state index contributed by atoms with van der Waals surface area (Å²) < 4.78 is 6.97. The summed E-state index contributed by atoms with van der Waals surface area (Å²) in [6.45, 7) is 2.37. The maximum absolute atomic E-state index is 13.4. The van der Waals surface area contributed by atoms with Crippen LogP contribution in [0.3, 0.4) is 0 Å². The van der Waals surface area contributed by atoms with Crippen LogP contribution < -0.4 is 10.3 Å². The Labute approximate surface area is 177 Å². The zero-order valence-corrected chi connectivity index (χ0v) is 17.6. The summed E-state index contributed by atoms with van der Waals surface area (Å²) in [5.41, 5.74) is 1.84. The molecule has 1 aliphatic heterocycles. The van der Waals surface area contributed by atoms with E-state index in [9.17, 15) is 14.4 Å². The van der Waals surface area contributed by atoms with Crippen molar-refractivity contribution in [3.05, 3.63) is 58.4 Å². The number of likely N-dealkylation sites (tertiary alicyclic amines) is 1. The predicted octanol–water partition coefficient (Wildman–Crippen LogP) is 2.94. The molecule has 3 aromatic rings. The molecule has 0 bridgehead atoms. The van der Waals surface area contributed by atoms with Gasteiger partial charge in [0.2, 0.25) is 11.8 Å². The Morgan fingerprint density at radius 1 is 1.20 bits per heavy atom. The number of amides is 2. The number of para-hydroxylation sites is 1. The Morgan fingerprint density at radius 2 is 2.00 bits per heavy atom. The van der Waals surface area contributed by atoms with Crippen molar-refractivity contribution < 1.29 is 14.3 Å². The van der Waals surface area contributed by atoms with Crippen molar-refractivity contribution in [2.45, 2.75) is 24.9 Å². The lowest BCUT2D eigenvalue weighted by molar-refractivity contribution is -0.140. The van der Waals surface area contributed by atoms with E-state index in [2.05, 4.69) is 4.98 Å². The number of aromatic nitrogens is 2. The summed E-state index contributed by atoms with van der Waals surface area (Å²) in [6.07, 6.45) is 1.09. The summed E-state index contributed by atoms with van der Waals surface area (Å²) in [4.78, 5) is 43.7. The van der Waals surface area contributed by atoms with Gasteiger partial charge in [0.15, 0.2) is 5.16 Å². The van der Waals surface area contributed by atoms with Crippen LogP contribution in [0.1, 0.15) is 18.4 Å². The van der Waals surface area contributed by atoms with Crippen LogP contribution in [0.25, 0.3) is 16.6 Å². The number of carbonyl (C=O) groups is 2. The minimum absolute atomic E-state index is 0.0185. The van der Waals surface area contributed by atoms with Crippen LogP contribution in [0.5, 0.6) is 5.75 Å². The monoisotopic (exact) mass is 423 g/mol. The van der Waals surface area contributed by atoms with Crippen LogP contribution in [0.4, 0.5) is 0 Å². The Balaban J connectivity index is 1.81. The highest BCUT2D eigenvalue weighted by Gasteiger charge is 2.27. The van der Waals surface area contributed by atoms with E-state index >= 15 is 0 Å². The van der Waals surface area contributed by atoms with Gasteiger partial charge in [-0.2, -0.15) is 0 Å². The second kappa shape index (κ2) is 8.31. The molecular weight excluding hydrogens is 402 g/mol. The molecule has 0 unspecified atom stereocenters. The van der Waals surface area contributed by atoms with Crippen molar-refractivity contribution in [3.8, 4) is 11.4 Å². The molecule has 1 fully saturated rings. The average Bonchev–Trinajstić information content (AvgIpc) is 3.18. The molecule has 0 spiro atoms. The van der Waals surface area contributed by atoms with Crippen LogP contribution in [0.15, 0.2) is 52.4 Å². The number of benzene rings is 2. The second-order valence-corrected chi connectivity index (χ2v) is 8.00. The van der Waals surface area contributed by atoms with Crippen molar-refractivity contribution in [3.63, 3.8) is 0 Å². The molecule has 1 aromatic heterocycles. The van der Waals surface area contributed by atoms with E-state index in [1.165, 1.54) is 9.47 Å². The molecule has 1 aliphatic rings. The number of imide groups is 1. The Morgan fingerprint density at radius 3 is 2.73 bits per heavy atom. The molecule has 0 radical (unpaired) electrons. The first-order valence-corrected chi connectivity index (χ1v) is 10.6. The number of methoxy groups -OCH3 is 1. The largest absolute Gasteiger partial charge is 0.495 e. The fourth-order valence-electron chi connectivity index (χ4n) is 3.51. The van der Waals surface area contributed by atoms with Gasteiger partial charge in [-0.05, 0) is 43.2 Å².